The minimum Gasteiger partial charge on any atom is -0.343 e. The Morgan fingerprint density at radius 2 is 2.00 bits per heavy atom. The number of hydrogen-bond acceptors (Lipinski definition) is 3. The molecule has 0 aromatic heterocycles. The topological polar surface area (TPSA) is 49.4 Å². The van der Waals surface area contributed by atoms with Crippen molar-refractivity contribution in [2.24, 2.45) is 5.92 Å². The van der Waals surface area contributed by atoms with Crippen molar-refractivity contribution in [3.63, 3.8) is 0 Å². The van der Waals surface area contributed by atoms with Crippen LogP contribution in [0.1, 0.15) is 47.0 Å². The van der Waals surface area contributed by atoms with E-state index in [0.29, 0.717) is 18.9 Å². The zero-order valence-electron chi connectivity index (χ0n) is 13.1. The van der Waals surface area contributed by atoms with Crippen molar-refractivity contribution in [1.29, 1.82) is 0 Å². The highest BCUT2D eigenvalue weighted by molar-refractivity contribution is 7.99. The SMILES string of the molecule is CCSCCCN1C(=O)C(CC)NC(=O)C1CC(C)C. The molecule has 1 heterocycles. The summed E-state index contributed by atoms with van der Waals surface area (Å²) in [5.74, 6) is 2.67. The van der Waals surface area contributed by atoms with Crippen LogP contribution >= 0.6 is 11.8 Å². The molecule has 1 fully saturated rings. The average molecular weight is 300 g/mol. The van der Waals surface area contributed by atoms with Gasteiger partial charge < -0.3 is 10.2 Å². The molecule has 1 aliphatic rings. The van der Waals surface area contributed by atoms with E-state index in [4.69, 9.17) is 0 Å². The second kappa shape index (κ2) is 8.55. The highest BCUT2D eigenvalue weighted by Crippen LogP contribution is 2.19. The van der Waals surface area contributed by atoms with Crippen LogP contribution in [0.15, 0.2) is 0 Å². The molecule has 0 bridgehead atoms. The average Bonchev–Trinajstić information content (AvgIpc) is 2.40. The van der Waals surface area contributed by atoms with Gasteiger partial charge in [-0.05, 0) is 36.7 Å². The lowest BCUT2D eigenvalue weighted by molar-refractivity contribution is -0.150. The summed E-state index contributed by atoms with van der Waals surface area (Å²) in [5, 5.41) is 2.87. The third-order valence-electron chi connectivity index (χ3n) is 3.57. The Morgan fingerprint density at radius 3 is 2.55 bits per heavy atom. The first-order valence-electron chi connectivity index (χ1n) is 7.69. The molecule has 116 valence electrons. The van der Waals surface area contributed by atoms with Crippen molar-refractivity contribution < 1.29 is 9.59 Å². The van der Waals surface area contributed by atoms with Crippen LogP contribution in [-0.2, 0) is 9.59 Å². The van der Waals surface area contributed by atoms with E-state index in [1.165, 1.54) is 0 Å². The molecule has 0 aromatic carbocycles. The van der Waals surface area contributed by atoms with E-state index >= 15 is 0 Å². The number of thioether (sulfide) groups is 1. The predicted octanol–water partition coefficient (Wildman–Crippen LogP) is 2.28. The van der Waals surface area contributed by atoms with Gasteiger partial charge in [-0.1, -0.05) is 27.7 Å². The summed E-state index contributed by atoms with van der Waals surface area (Å²) in [6, 6.07) is -0.610. The van der Waals surface area contributed by atoms with Gasteiger partial charge >= 0.3 is 0 Å². The van der Waals surface area contributed by atoms with E-state index in [2.05, 4.69) is 26.1 Å². The summed E-state index contributed by atoms with van der Waals surface area (Å²) >= 11 is 1.88. The van der Waals surface area contributed by atoms with E-state index in [1.54, 1.807) is 0 Å². The van der Waals surface area contributed by atoms with E-state index in [-0.39, 0.29) is 23.9 Å². The summed E-state index contributed by atoms with van der Waals surface area (Å²) in [4.78, 5) is 26.5. The van der Waals surface area contributed by atoms with Crippen LogP contribution in [0.5, 0.6) is 0 Å². The first kappa shape index (κ1) is 17.3. The minimum atomic E-state index is -0.329. The first-order valence-corrected chi connectivity index (χ1v) is 8.85. The highest BCUT2D eigenvalue weighted by Gasteiger charge is 2.39. The molecule has 0 radical (unpaired) electrons. The first-order chi connectivity index (χ1) is 9.51. The number of rotatable bonds is 8. The molecule has 4 nitrogen and oxygen atoms in total. The molecular formula is C15H28N2O2S. The molecule has 2 atom stereocenters. The lowest BCUT2D eigenvalue weighted by atomic mass is 9.97. The fraction of sp³-hybridized carbons (Fsp3) is 0.867. The smallest absolute Gasteiger partial charge is 0.245 e. The highest BCUT2D eigenvalue weighted by atomic mass is 32.2. The Morgan fingerprint density at radius 1 is 1.30 bits per heavy atom. The van der Waals surface area contributed by atoms with Gasteiger partial charge in [-0.2, -0.15) is 11.8 Å². The normalized spacial score (nSPS) is 23.4. The fourth-order valence-corrected chi connectivity index (χ4v) is 3.15. The zero-order chi connectivity index (χ0) is 15.1. The maximum Gasteiger partial charge on any atom is 0.245 e. The summed E-state index contributed by atoms with van der Waals surface area (Å²) in [6.07, 6.45) is 2.37. The van der Waals surface area contributed by atoms with Crippen molar-refractivity contribution in [2.45, 2.75) is 59.0 Å². The van der Waals surface area contributed by atoms with Crippen molar-refractivity contribution in [1.82, 2.24) is 10.2 Å². The van der Waals surface area contributed by atoms with Crippen molar-refractivity contribution >= 4 is 23.6 Å². The molecule has 0 spiro atoms. The third-order valence-corrected chi connectivity index (χ3v) is 4.56. The number of nitrogens with zero attached hydrogens (tertiary/aromatic N) is 1. The maximum atomic E-state index is 12.5. The largest absolute Gasteiger partial charge is 0.343 e. The number of piperazine rings is 1. The second-order valence-corrected chi connectivity index (χ2v) is 7.09. The molecule has 5 heteroatoms. The second-order valence-electron chi connectivity index (χ2n) is 5.70. The maximum absolute atomic E-state index is 12.5. The molecule has 2 amide bonds. The van der Waals surface area contributed by atoms with Crippen LogP contribution in [0.4, 0.5) is 0 Å². The van der Waals surface area contributed by atoms with Gasteiger partial charge in [0.1, 0.15) is 12.1 Å². The lowest BCUT2D eigenvalue weighted by Crippen LogP contribution is -2.63. The number of carbonyl (C=O) groups excluding carboxylic acids is 2. The van der Waals surface area contributed by atoms with Crippen molar-refractivity contribution in [2.75, 3.05) is 18.1 Å². The summed E-state index contributed by atoms with van der Waals surface area (Å²) in [7, 11) is 0. The molecule has 1 saturated heterocycles. The van der Waals surface area contributed by atoms with Crippen LogP contribution < -0.4 is 5.32 Å². The Hall–Kier alpha value is -0.710. The van der Waals surface area contributed by atoms with Gasteiger partial charge in [0.2, 0.25) is 11.8 Å². The summed E-state index contributed by atoms with van der Waals surface area (Å²) in [5.41, 5.74) is 0. The zero-order valence-corrected chi connectivity index (χ0v) is 14.0. The molecule has 1 aliphatic heterocycles. The standard InChI is InChI=1S/C15H28N2O2S/c1-5-12-15(19)17(8-7-9-20-6-2)13(10-11(3)4)14(18)16-12/h11-13H,5-10H2,1-4H3,(H,16,18). The van der Waals surface area contributed by atoms with Crippen molar-refractivity contribution in [3.8, 4) is 0 Å². The number of nitrogens with one attached hydrogen (secondary N) is 1. The minimum absolute atomic E-state index is 0.0216. The van der Waals surface area contributed by atoms with Gasteiger partial charge in [-0.25, -0.2) is 0 Å². The predicted molar refractivity (Wildman–Crippen MR) is 84.8 cm³/mol. The Labute approximate surface area is 127 Å². The van der Waals surface area contributed by atoms with Crippen molar-refractivity contribution in [3.05, 3.63) is 0 Å². The molecule has 0 aromatic rings. The van der Waals surface area contributed by atoms with E-state index in [0.717, 1.165) is 24.3 Å². The third kappa shape index (κ3) is 4.69. The van der Waals surface area contributed by atoms with Gasteiger partial charge in [0.25, 0.3) is 0 Å². The molecule has 20 heavy (non-hydrogen) atoms. The fourth-order valence-electron chi connectivity index (χ4n) is 2.53. The van der Waals surface area contributed by atoms with E-state index < -0.39 is 0 Å². The molecule has 0 saturated carbocycles. The summed E-state index contributed by atoms with van der Waals surface area (Å²) in [6.45, 7) is 8.96. The number of hydrogen-bond donors (Lipinski definition) is 1. The monoisotopic (exact) mass is 300 g/mol. The number of amides is 2. The van der Waals surface area contributed by atoms with Crippen LogP contribution in [0, 0.1) is 5.92 Å². The van der Waals surface area contributed by atoms with Crippen LogP contribution in [0.25, 0.3) is 0 Å². The van der Waals surface area contributed by atoms with Gasteiger partial charge in [0, 0.05) is 6.54 Å². The summed E-state index contributed by atoms with van der Waals surface area (Å²) < 4.78 is 0. The Balaban J connectivity index is 2.72. The van der Waals surface area contributed by atoms with Crippen LogP contribution in [0.3, 0.4) is 0 Å². The van der Waals surface area contributed by atoms with Crippen LogP contribution in [0.2, 0.25) is 0 Å². The lowest BCUT2D eigenvalue weighted by Gasteiger charge is -2.39. The molecule has 1 rings (SSSR count). The Kier molecular flexibility index (Phi) is 7.41. The van der Waals surface area contributed by atoms with E-state index in [1.807, 2.05) is 23.6 Å². The molecule has 1 N–H and O–H groups in total. The quantitative estimate of drug-likeness (QED) is 0.700. The van der Waals surface area contributed by atoms with Gasteiger partial charge in [0.15, 0.2) is 0 Å². The van der Waals surface area contributed by atoms with E-state index in [9.17, 15) is 9.59 Å². The van der Waals surface area contributed by atoms with Crippen LogP contribution in [-0.4, -0.2) is 46.8 Å². The molecule has 0 aliphatic carbocycles. The molecule has 2 unspecified atom stereocenters. The van der Waals surface area contributed by atoms with Gasteiger partial charge in [-0.3, -0.25) is 9.59 Å². The van der Waals surface area contributed by atoms with Gasteiger partial charge in [-0.15, -0.1) is 0 Å². The molecular weight excluding hydrogens is 272 g/mol. The number of carbonyl (C=O) groups is 2. The van der Waals surface area contributed by atoms with Gasteiger partial charge in [0.05, 0.1) is 0 Å². The Bertz CT molecular complexity index is 334.